The number of hydrogen-bond acceptors (Lipinski definition) is 5. The number of ether oxygens (including phenoxy) is 1. The first-order valence-electron chi connectivity index (χ1n) is 10.6. The van der Waals surface area contributed by atoms with Crippen molar-refractivity contribution >= 4 is 23.8 Å². The number of aryl methyl sites for hydroxylation is 2. The minimum Gasteiger partial charge on any atom is -0.444 e. The lowest BCUT2D eigenvalue weighted by Gasteiger charge is -2.32. The van der Waals surface area contributed by atoms with Gasteiger partial charge in [0.15, 0.2) is 0 Å². The second-order valence-electron chi connectivity index (χ2n) is 9.08. The van der Waals surface area contributed by atoms with E-state index in [1.807, 2.05) is 6.07 Å². The quantitative estimate of drug-likeness (QED) is 0.405. The zero-order valence-electron chi connectivity index (χ0n) is 20.3. The fourth-order valence-corrected chi connectivity index (χ4v) is 3.28. The second-order valence-corrected chi connectivity index (χ2v) is 9.08. The smallest absolute Gasteiger partial charge is 0.408 e. The van der Waals surface area contributed by atoms with Gasteiger partial charge in [0.05, 0.1) is 6.42 Å². The van der Waals surface area contributed by atoms with Crippen LogP contribution in [0.25, 0.3) is 0 Å². The maximum Gasteiger partial charge on any atom is 0.408 e. The van der Waals surface area contributed by atoms with Gasteiger partial charge in [0, 0.05) is 12.1 Å². The van der Waals surface area contributed by atoms with Crippen molar-refractivity contribution in [2.45, 2.75) is 78.6 Å². The van der Waals surface area contributed by atoms with Crippen LogP contribution < -0.4 is 16.4 Å². The van der Waals surface area contributed by atoms with Gasteiger partial charge in [-0.2, -0.15) is 0 Å². The first kappa shape index (κ1) is 27.5. The predicted molar refractivity (Wildman–Crippen MR) is 125 cm³/mol. The van der Waals surface area contributed by atoms with Crippen LogP contribution in [0.5, 0.6) is 0 Å². The highest BCUT2D eigenvalue weighted by Crippen LogP contribution is 2.28. The van der Waals surface area contributed by atoms with Crippen LogP contribution in [0.4, 0.5) is 4.79 Å². The van der Waals surface area contributed by atoms with Gasteiger partial charge in [0.2, 0.25) is 11.8 Å². The Bertz CT molecular complexity index is 923. The van der Waals surface area contributed by atoms with Crippen molar-refractivity contribution in [3.8, 4) is 12.5 Å². The van der Waals surface area contributed by atoms with E-state index < -0.39 is 47.9 Å². The van der Waals surface area contributed by atoms with Gasteiger partial charge < -0.3 is 21.1 Å². The minimum absolute atomic E-state index is 0.222. The molecule has 2 unspecified atom stereocenters. The molecule has 0 aliphatic rings. The molecule has 1 rings (SSSR count). The highest BCUT2D eigenvalue weighted by molar-refractivity contribution is 5.95. The number of carbonyl (C=O) groups excluding carboxylic acids is 4. The van der Waals surface area contributed by atoms with Gasteiger partial charge in [-0.25, -0.2) is 4.79 Å². The summed E-state index contributed by atoms with van der Waals surface area (Å²) in [6.07, 6.45) is 4.25. The van der Waals surface area contributed by atoms with E-state index in [1.54, 1.807) is 60.6 Å². The van der Waals surface area contributed by atoms with Crippen molar-refractivity contribution in [1.82, 2.24) is 15.5 Å². The molecule has 180 valence electrons. The standard InChI is InChI=1S/C24H34N4O5/c1-9-28(22(31)17(13-18(25)29)27-23(32)33-24(6,7)8)20(21(30)26-14(2)3)19-15(4)11-10-12-16(19)5/h1,10-12,14,17,20H,13H2,2-8H3,(H2,25,29)(H,26,30)(H,27,32). The normalized spacial score (nSPS) is 12.8. The first-order chi connectivity index (χ1) is 15.2. The number of hydrogen-bond donors (Lipinski definition) is 3. The molecule has 4 amide bonds. The van der Waals surface area contributed by atoms with Crippen molar-refractivity contribution in [3.63, 3.8) is 0 Å². The van der Waals surface area contributed by atoms with E-state index in [0.717, 1.165) is 16.0 Å². The third-order valence-corrected chi connectivity index (χ3v) is 4.52. The van der Waals surface area contributed by atoms with Gasteiger partial charge in [-0.1, -0.05) is 24.6 Å². The zero-order chi connectivity index (χ0) is 25.5. The van der Waals surface area contributed by atoms with Gasteiger partial charge in [-0.3, -0.25) is 19.3 Å². The Morgan fingerprint density at radius 1 is 1.12 bits per heavy atom. The number of alkyl carbamates (subject to hydrolysis) is 1. The van der Waals surface area contributed by atoms with Crippen LogP contribution >= 0.6 is 0 Å². The van der Waals surface area contributed by atoms with Crippen LogP contribution in [0.2, 0.25) is 0 Å². The van der Waals surface area contributed by atoms with Gasteiger partial charge in [-0.05, 0) is 65.2 Å². The lowest BCUT2D eigenvalue weighted by atomic mass is 9.93. The average molecular weight is 459 g/mol. The number of nitrogens with one attached hydrogen (secondary N) is 2. The first-order valence-corrected chi connectivity index (χ1v) is 10.6. The van der Waals surface area contributed by atoms with Crippen molar-refractivity contribution in [2.75, 3.05) is 0 Å². The van der Waals surface area contributed by atoms with Crippen molar-refractivity contribution in [1.29, 1.82) is 0 Å². The van der Waals surface area contributed by atoms with E-state index in [4.69, 9.17) is 16.9 Å². The highest BCUT2D eigenvalue weighted by Gasteiger charge is 2.37. The van der Waals surface area contributed by atoms with Crippen LogP contribution in [0.15, 0.2) is 18.2 Å². The Morgan fingerprint density at radius 3 is 2.09 bits per heavy atom. The fourth-order valence-electron chi connectivity index (χ4n) is 3.28. The summed E-state index contributed by atoms with van der Waals surface area (Å²) in [5.74, 6) is -2.17. The molecule has 0 fully saturated rings. The molecule has 33 heavy (non-hydrogen) atoms. The van der Waals surface area contributed by atoms with Crippen LogP contribution in [0.3, 0.4) is 0 Å². The third kappa shape index (κ3) is 8.15. The molecule has 0 saturated heterocycles. The summed E-state index contributed by atoms with van der Waals surface area (Å²) in [5, 5.41) is 5.14. The van der Waals surface area contributed by atoms with Gasteiger partial charge in [-0.15, -0.1) is 0 Å². The molecule has 0 saturated carbocycles. The fraction of sp³-hybridized carbons (Fsp3) is 0.500. The Morgan fingerprint density at radius 2 is 1.67 bits per heavy atom. The number of nitrogens with zero attached hydrogens (tertiary/aromatic N) is 1. The van der Waals surface area contributed by atoms with Gasteiger partial charge in [0.1, 0.15) is 17.7 Å². The molecule has 0 radical (unpaired) electrons. The van der Waals surface area contributed by atoms with Crippen molar-refractivity contribution in [2.24, 2.45) is 5.73 Å². The van der Waals surface area contributed by atoms with E-state index in [1.165, 1.54) is 0 Å². The summed E-state index contributed by atoms with van der Waals surface area (Å²) >= 11 is 0. The maximum atomic E-state index is 13.5. The van der Waals surface area contributed by atoms with E-state index in [9.17, 15) is 19.2 Å². The van der Waals surface area contributed by atoms with Crippen molar-refractivity contribution in [3.05, 3.63) is 34.9 Å². The van der Waals surface area contributed by atoms with Gasteiger partial charge >= 0.3 is 6.09 Å². The van der Waals surface area contributed by atoms with Crippen LogP contribution in [0, 0.1) is 26.3 Å². The molecule has 0 aliphatic heterocycles. The molecule has 9 heteroatoms. The molecule has 1 aromatic carbocycles. The summed E-state index contributed by atoms with van der Waals surface area (Å²) in [6, 6.07) is 4.86. The number of terminal acetylenes is 1. The van der Waals surface area contributed by atoms with E-state index in [-0.39, 0.29) is 6.04 Å². The number of rotatable bonds is 8. The number of nitrogens with two attached hydrogens (primary N) is 1. The average Bonchev–Trinajstić information content (AvgIpc) is 2.63. The molecule has 0 aromatic heterocycles. The lowest BCUT2D eigenvalue weighted by molar-refractivity contribution is -0.139. The summed E-state index contributed by atoms with van der Waals surface area (Å²) in [5.41, 5.74) is 6.52. The zero-order valence-corrected chi connectivity index (χ0v) is 20.3. The lowest BCUT2D eigenvalue weighted by Crippen LogP contribution is -2.53. The Hall–Kier alpha value is -3.54. The largest absolute Gasteiger partial charge is 0.444 e. The Balaban J connectivity index is 3.48. The minimum atomic E-state index is -1.42. The third-order valence-electron chi connectivity index (χ3n) is 4.52. The molecule has 4 N–H and O–H groups in total. The summed E-state index contributed by atoms with van der Waals surface area (Å²) in [7, 11) is 0. The topological polar surface area (TPSA) is 131 Å². The number of amides is 4. The molecule has 0 aliphatic carbocycles. The van der Waals surface area contributed by atoms with Crippen LogP contribution in [-0.4, -0.2) is 46.4 Å². The molecule has 9 nitrogen and oxygen atoms in total. The molecule has 1 aromatic rings. The number of primary amides is 1. The van der Waals surface area contributed by atoms with Crippen molar-refractivity contribution < 1.29 is 23.9 Å². The second kappa shape index (κ2) is 11.4. The SMILES string of the molecule is C#CN(C(=O)C(CC(N)=O)NC(=O)OC(C)(C)C)C(C(=O)NC(C)C)c1c(C)cccc1C. The molecule has 0 spiro atoms. The molecular formula is C24H34N4O5. The highest BCUT2D eigenvalue weighted by atomic mass is 16.6. The molecule has 0 heterocycles. The summed E-state index contributed by atoms with van der Waals surface area (Å²) in [6.45, 7) is 12.1. The molecular weight excluding hydrogens is 424 g/mol. The van der Waals surface area contributed by atoms with E-state index in [2.05, 4.69) is 16.7 Å². The Labute approximate surface area is 195 Å². The maximum absolute atomic E-state index is 13.5. The monoisotopic (exact) mass is 458 g/mol. The van der Waals surface area contributed by atoms with Crippen LogP contribution in [0.1, 0.15) is 63.8 Å². The Kier molecular flexibility index (Phi) is 9.47. The molecule has 0 bridgehead atoms. The predicted octanol–water partition coefficient (Wildman–Crippen LogP) is 2.06. The number of benzene rings is 1. The number of carbonyl (C=O) groups is 4. The van der Waals surface area contributed by atoms with Gasteiger partial charge in [0.25, 0.3) is 5.91 Å². The van der Waals surface area contributed by atoms with E-state index >= 15 is 0 Å². The summed E-state index contributed by atoms with van der Waals surface area (Å²) < 4.78 is 5.19. The van der Waals surface area contributed by atoms with Crippen LogP contribution in [-0.2, 0) is 19.1 Å². The molecule has 2 atom stereocenters. The summed E-state index contributed by atoms with van der Waals surface area (Å²) in [4.78, 5) is 51.5. The van der Waals surface area contributed by atoms with E-state index in [0.29, 0.717) is 5.56 Å².